The summed E-state index contributed by atoms with van der Waals surface area (Å²) in [6, 6.07) is 0. The first-order valence-corrected chi connectivity index (χ1v) is 15.4. The monoisotopic (exact) mass is 566 g/mol. The van der Waals surface area contributed by atoms with Gasteiger partial charge in [-0.25, -0.2) is 0 Å². The number of aliphatic hydroxyl groups excluding tert-OH is 1. The van der Waals surface area contributed by atoms with Crippen LogP contribution in [0.3, 0.4) is 0 Å². The third kappa shape index (κ3) is 24.4. The average Bonchev–Trinajstić information content (AvgIpc) is 2.95. The van der Waals surface area contributed by atoms with Crippen LogP contribution in [0.1, 0.15) is 94.4 Å². The van der Waals surface area contributed by atoms with Crippen molar-refractivity contribution in [1.82, 2.24) is 0 Å². The molecule has 1 heteroatoms. The van der Waals surface area contributed by atoms with E-state index in [1.165, 1.54) is 39.0 Å². The Labute approximate surface area is 259 Å². The topological polar surface area (TPSA) is 20.2 Å². The number of aliphatic hydroxyl groups is 1. The van der Waals surface area contributed by atoms with Gasteiger partial charge in [-0.2, -0.15) is 0 Å². The molecule has 228 valence electrons. The lowest BCUT2D eigenvalue weighted by atomic mass is 10.1. The molecule has 0 aromatic carbocycles. The van der Waals surface area contributed by atoms with Gasteiger partial charge in [0.15, 0.2) is 0 Å². The zero-order valence-corrected chi connectivity index (χ0v) is 28.1. The highest BCUT2D eigenvalue weighted by Crippen LogP contribution is 2.10. The second-order valence-electron chi connectivity index (χ2n) is 11.2. The van der Waals surface area contributed by atoms with Crippen LogP contribution in [0.2, 0.25) is 0 Å². The normalized spacial score (nSPS) is 16.1. The fourth-order valence-electron chi connectivity index (χ4n) is 3.54. The van der Waals surface area contributed by atoms with Crippen LogP contribution in [-0.2, 0) is 0 Å². The molecule has 0 amide bonds. The quantitative estimate of drug-likeness (QED) is 0.129. The van der Waals surface area contributed by atoms with E-state index in [9.17, 15) is 0 Å². The molecule has 0 atom stereocenters. The van der Waals surface area contributed by atoms with Gasteiger partial charge < -0.3 is 5.11 Å². The molecule has 0 saturated heterocycles. The lowest BCUT2D eigenvalue weighted by Crippen LogP contribution is -1.84. The predicted octanol–water partition coefficient (Wildman–Crippen LogP) is 12.3. The summed E-state index contributed by atoms with van der Waals surface area (Å²) in [6.07, 6.45) is 43.9. The SMILES string of the molecule is CC/C(C)=C/CC/C(C)=C/C=C/C(C)=C/C=C/C(C)=C/C=C/C=C(C)/C=C/C=C(C)/C=C/C=C(\C)CC/C=C(\C)CO. The van der Waals surface area contributed by atoms with Crippen LogP contribution in [0.5, 0.6) is 0 Å². The highest BCUT2D eigenvalue weighted by Gasteiger charge is 1.90. The Morgan fingerprint density at radius 1 is 0.429 bits per heavy atom. The molecule has 0 bridgehead atoms. The van der Waals surface area contributed by atoms with Crippen LogP contribution in [0.25, 0.3) is 0 Å². The maximum absolute atomic E-state index is 9.05. The van der Waals surface area contributed by atoms with E-state index < -0.39 is 0 Å². The maximum Gasteiger partial charge on any atom is 0.0639 e. The third-order valence-electron chi connectivity index (χ3n) is 6.62. The van der Waals surface area contributed by atoms with Crippen LogP contribution in [0, 0.1) is 0 Å². The lowest BCUT2D eigenvalue weighted by Gasteiger charge is -1.98. The van der Waals surface area contributed by atoms with E-state index in [4.69, 9.17) is 5.11 Å². The highest BCUT2D eigenvalue weighted by atomic mass is 16.3. The molecule has 0 rings (SSSR count). The molecule has 0 aromatic rings. The largest absolute Gasteiger partial charge is 0.392 e. The Morgan fingerprint density at radius 3 is 1.12 bits per heavy atom. The van der Waals surface area contributed by atoms with Gasteiger partial charge in [-0.3, -0.25) is 0 Å². The molecule has 1 N–H and O–H groups in total. The van der Waals surface area contributed by atoms with E-state index in [0.29, 0.717) is 0 Å². The van der Waals surface area contributed by atoms with Crippen molar-refractivity contribution in [1.29, 1.82) is 0 Å². The van der Waals surface area contributed by atoms with Crippen molar-refractivity contribution in [2.75, 3.05) is 6.61 Å². The molecular formula is C41H58O. The molecule has 0 saturated carbocycles. The van der Waals surface area contributed by atoms with E-state index in [2.05, 4.69) is 165 Å². The molecule has 0 aromatic heterocycles. The molecule has 0 unspecified atom stereocenters. The Kier molecular flexibility index (Phi) is 23.2. The minimum absolute atomic E-state index is 0.145. The van der Waals surface area contributed by atoms with Crippen molar-refractivity contribution in [2.45, 2.75) is 94.4 Å². The summed E-state index contributed by atoms with van der Waals surface area (Å²) in [7, 11) is 0. The summed E-state index contributed by atoms with van der Waals surface area (Å²) in [5, 5.41) is 9.05. The molecule has 0 spiro atoms. The van der Waals surface area contributed by atoms with Gasteiger partial charge in [0.05, 0.1) is 6.61 Å². The zero-order chi connectivity index (χ0) is 31.6. The van der Waals surface area contributed by atoms with Gasteiger partial charge in [-0.1, -0.05) is 161 Å². The Morgan fingerprint density at radius 2 is 0.762 bits per heavy atom. The van der Waals surface area contributed by atoms with Crippen molar-refractivity contribution < 1.29 is 5.11 Å². The summed E-state index contributed by atoms with van der Waals surface area (Å²) in [5.74, 6) is 0. The van der Waals surface area contributed by atoms with Crippen LogP contribution in [0.4, 0.5) is 0 Å². The second-order valence-corrected chi connectivity index (χ2v) is 11.2. The Bertz CT molecular complexity index is 1090. The van der Waals surface area contributed by atoms with E-state index >= 15 is 0 Å². The van der Waals surface area contributed by atoms with Crippen molar-refractivity contribution >= 4 is 0 Å². The van der Waals surface area contributed by atoms with E-state index in [0.717, 1.165) is 37.7 Å². The lowest BCUT2D eigenvalue weighted by molar-refractivity contribution is 0.331. The van der Waals surface area contributed by atoms with E-state index in [1.807, 2.05) is 6.92 Å². The number of hydrogen-bond donors (Lipinski definition) is 1. The predicted molar refractivity (Wildman–Crippen MR) is 192 cm³/mol. The summed E-state index contributed by atoms with van der Waals surface area (Å²) in [5.41, 5.74) is 10.1. The van der Waals surface area contributed by atoms with Gasteiger partial charge in [-0.15, -0.1) is 0 Å². The van der Waals surface area contributed by atoms with Gasteiger partial charge in [-0.05, 0) is 87.5 Å². The van der Waals surface area contributed by atoms with Gasteiger partial charge in [0, 0.05) is 0 Å². The fourth-order valence-corrected chi connectivity index (χ4v) is 3.54. The summed E-state index contributed by atoms with van der Waals surface area (Å²) in [4.78, 5) is 0. The first kappa shape index (κ1) is 38.6. The van der Waals surface area contributed by atoms with Crippen molar-refractivity contribution in [2.24, 2.45) is 0 Å². The van der Waals surface area contributed by atoms with Gasteiger partial charge >= 0.3 is 0 Å². The number of allylic oxidation sites excluding steroid dienone is 25. The van der Waals surface area contributed by atoms with Gasteiger partial charge in [0.25, 0.3) is 0 Å². The first-order valence-electron chi connectivity index (χ1n) is 15.4. The van der Waals surface area contributed by atoms with Crippen LogP contribution >= 0.6 is 0 Å². The fraction of sp³-hybridized carbons (Fsp3) is 0.366. The Hall–Kier alpha value is -3.42. The van der Waals surface area contributed by atoms with E-state index in [-0.39, 0.29) is 6.61 Å². The zero-order valence-electron chi connectivity index (χ0n) is 28.1. The minimum atomic E-state index is 0.145. The van der Waals surface area contributed by atoms with E-state index in [1.54, 1.807) is 0 Å². The molecule has 0 aliphatic rings. The van der Waals surface area contributed by atoms with Crippen molar-refractivity contribution in [3.8, 4) is 0 Å². The minimum Gasteiger partial charge on any atom is -0.392 e. The molecule has 0 aliphatic heterocycles. The number of hydrogen-bond acceptors (Lipinski definition) is 1. The van der Waals surface area contributed by atoms with Crippen LogP contribution in [-0.4, -0.2) is 11.7 Å². The average molecular weight is 567 g/mol. The second kappa shape index (κ2) is 25.3. The Balaban J connectivity index is 4.70. The van der Waals surface area contributed by atoms with Crippen LogP contribution in [0.15, 0.2) is 154 Å². The smallest absolute Gasteiger partial charge is 0.0639 e. The molecule has 1 nitrogen and oxygen atoms in total. The molecular weight excluding hydrogens is 508 g/mol. The highest BCUT2D eigenvalue weighted by molar-refractivity contribution is 5.32. The molecule has 0 aliphatic carbocycles. The van der Waals surface area contributed by atoms with Gasteiger partial charge in [0.1, 0.15) is 0 Å². The van der Waals surface area contributed by atoms with Crippen molar-refractivity contribution in [3.63, 3.8) is 0 Å². The summed E-state index contributed by atoms with van der Waals surface area (Å²) < 4.78 is 0. The van der Waals surface area contributed by atoms with Crippen molar-refractivity contribution in [3.05, 3.63) is 154 Å². The standard InChI is InChI=1S/C41H58O/c1-10-34(2)21-13-22-37(5)27-16-28-38(6)25-14-23-35(3)19-11-12-20-36(4)24-15-26-39(7)29-17-30-40(8)31-18-32-41(9)33-42/h11-12,14-17,19-21,23-30,32,42H,10,13,18,22,31,33H2,1-9H3/b12-11+,23-14+,24-15+,28-16+,29-17+,34-21+,35-19+,36-20+,37-27+,38-25+,39-26+,40-30+,41-32+. The molecule has 42 heavy (non-hydrogen) atoms. The molecule has 0 heterocycles. The van der Waals surface area contributed by atoms with Crippen LogP contribution < -0.4 is 0 Å². The maximum atomic E-state index is 9.05. The van der Waals surface area contributed by atoms with Gasteiger partial charge in [0.2, 0.25) is 0 Å². The third-order valence-corrected chi connectivity index (χ3v) is 6.62. The summed E-state index contributed by atoms with van der Waals surface area (Å²) >= 11 is 0. The first-order chi connectivity index (χ1) is 20.1. The summed E-state index contributed by atoms with van der Waals surface area (Å²) in [6.45, 7) is 19.3. The number of rotatable bonds is 18. The molecule has 0 radical (unpaired) electrons. The molecule has 0 fully saturated rings.